The fourth-order valence-electron chi connectivity index (χ4n) is 5.04. The number of anilines is 1. The SMILES string of the molecule is CC(C)CC(=O)N1CCCN(Cc2ccccc2)CCN(C(=O)c2cccc(C(F)(F)F)c2)Cc2ccccc21. The predicted octanol–water partition coefficient (Wildman–Crippen LogP) is 6.63. The topological polar surface area (TPSA) is 43.9 Å². The van der Waals surface area contributed by atoms with E-state index in [1.165, 1.54) is 12.1 Å². The summed E-state index contributed by atoms with van der Waals surface area (Å²) in [7, 11) is 0. The fraction of sp³-hybridized carbons (Fsp3) is 0.375. The van der Waals surface area contributed by atoms with Crippen LogP contribution in [0.25, 0.3) is 0 Å². The normalized spacial score (nSPS) is 15.4. The number of para-hydroxylation sites is 1. The van der Waals surface area contributed by atoms with E-state index in [9.17, 15) is 22.8 Å². The average molecular weight is 552 g/mol. The molecule has 0 bridgehead atoms. The summed E-state index contributed by atoms with van der Waals surface area (Å²) in [6.45, 7) is 6.97. The molecule has 0 aromatic heterocycles. The van der Waals surface area contributed by atoms with Gasteiger partial charge in [0, 0.05) is 56.9 Å². The number of carbonyl (C=O) groups excluding carboxylic acids is 2. The lowest BCUT2D eigenvalue weighted by molar-refractivity contribution is -0.137. The Kier molecular flexibility index (Phi) is 9.63. The van der Waals surface area contributed by atoms with Crippen molar-refractivity contribution in [3.63, 3.8) is 0 Å². The van der Waals surface area contributed by atoms with Crippen molar-refractivity contribution < 1.29 is 22.8 Å². The second-order valence-corrected chi connectivity index (χ2v) is 10.7. The Morgan fingerprint density at radius 1 is 0.850 bits per heavy atom. The van der Waals surface area contributed by atoms with Crippen LogP contribution in [0.3, 0.4) is 0 Å². The summed E-state index contributed by atoms with van der Waals surface area (Å²) in [5, 5.41) is 0. The Morgan fingerprint density at radius 2 is 1.57 bits per heavy atom. The Labute approximate surface area is 234 Å². The minimum absolute atomic E-state index is 0.00970. The minimum Gasteiger partial charge on any atom is -0.333 e. The van der Waals surface area contributed by atoms with Crippen molar-refractivity contribution in [1.29, 1.82) is 0 Å². The molecule has 0 aliphatic carbocycles. The van der Waals surface area contributed by atoms with Gasteiger partial charge in [0.15, 0.2) is 0 Å². The number of hydrogen-bond acceptors (Lipinski definition) is 3. The second-order valence-electron chi connectivity index (χ2n) is 10.7. The monoisotopic (exact) mass is 551 g/mol. The summed E-state index contributed by atoms with van der Waals surface area (Å²) in [5.41, 5.74) is 1.80. The van der Waals surface area contributed by atoms with Crippen LogP contribution < -0.4 is 4.90 Å². The first-order chi connectivity index (χ1) is 19.1. The average Bonchev–Trinajstić information content (AvgIpc) is 2.96. The third kappa shape index (κ3) is 7.72. The third-order valence-electron chi connectivity index (χ3n) is 7.04. The van der Waals surface area contributed by atoms with E-state index in [-0.39, 0.29) is 23.9 Å². The van der Waals surface area contributed by atoms with Gasteiger partial charge in [0.25, 0.3) is 5.91 Å². The number of benzene rings is 3. The fourth-order valence-corrected chi connectivity index (χ4v) is 5.04. The summed E-state index contributed by atoms with van der Waals surface area (Å²) < 4.78 is 40.3. The van der Waals surface area contributed by atoms with Crippen LogP contribution in [-0.4, -0.2) is 47.8 Å². The van der Waals surface area contributed by atoms with Crippen LogP contribution in [0.4, 0.5) is 18.9 Å². The minimum atomic E-state index is -4.55. The molecule has 0 N–H and O–H groups in total. The number of nitrogens with zero attached hydrogens (tertiary/aromatic N) is 3. The van der Waals surface area contributed by atoms with E-state index in [2.05, 4.69) is 4.90 Å². The van der Waals surface area contributed by atoms with E-state index in [1.54, 1.807) is 4.90 Å². The van der Waals surface area contributed by atoms with Crippen molar-refractivity contribution in [3.8, 4) is 0 Å². The molecule has 0 fully saturated rings. The van der Waals surface area contributed by atoms with Crippen LogP contribution in [0.1, 0.15) is 53.7 Å². The van der Waals surface area contributed by atoms with Crippen molar-refractivity contribution in [2.75, 3.05) is 31.1 Å². The van der Waals surface area contributed by atoms with E-state index in [0.29, 0.717) is 39.1 Å². The number of hydrogen-bond donors (Lipinski definition) is 0. The molecule has 212 valence electrons. The summed E-state index contributed by atoms with van der Waals surface area (Å²) in [6, 6.07) is 22.1. The summed E-state index contributed by atoms with van der Waals surface area (Å²) in [5.74, 6) is -0.265. The first-order valence-electron chi connectivity index (χ1n) is 13.7. The third-order valence-corrected chi connectivity index (χ3v) is 7.04. The van der Waals surface area contributed by atoms with E-state index in [1.807, 2.05) is 73.3 Å². The molecular formula is C32H36F3N3O2. The molecule has 0 spiro atoms. The zero-order valence-electron chi connectivity index (χ0n) is 23.0. The van der Waals surface area contributed by atoms with Crippen molar-refractivity contribution >= 4 is 17.5 Å². The molecule has 3 aromatic carbocycles. The molecule has 1 heterocycles. The van der Waals surface area contributed by atoms with Gasteiger partial charge in [-0.15, -0.1) is 0 Å². The molecule has 2 amide bonds. The largest absolute Gasteiger partial charge is 0.416 e. The maximum atomic E-state index is 13.7. The lowest BCUT2D eigenvalue weighted by atomic mass is 10.1. The first-order valence-corrected chi connectivity index (χ1v) is 13.7. The van der Waals surface area contributed by atoms with Crippen LogP contribution in [-0.2, 0) is 24.1 Å². The van der Waals surface area contributed by atoms with Crippen LogP contribution in [0.2, 0.25) is 0 Å². The van der Waals surface area contributed by atoms with Gasteiger partial charge in [0.1, 0.15) is 0 Å². The number of alkyl halides is 3. The van der Waals surface area contributed by atoms with Gasteiger partial charge in [-0.1, -0.05) is 68.4 Å². The molecule has 5 nitrogen and oxygen atoms in total. The van der Waals surface area contributed by atoms with Crippen molar-refractivity contribution in [1.82, 2.24) is 9.80 Å². The Bertz CT molecular complexity index is 1290. The summed E-state index contributed by atoms with van der Waals surface area (Å²) in [4.78, 5) is 32.8. The molecule has 0 saturated carbocycles. The zero-order valence-corrected chi connectivity index (χ0v) is 23.0. The van der Waals surface area contributed by atoms with Crippen LogP contribution >= 0.6 is 0 Å². The van der Waals surface area contributed by atoms with Gasteiger partial charge >= 0.3 is 6.18 Å². The molecule has 8 heteroatoms. The highest BCUT2D eigenvalue weighted by atomic mass is 19.4. The van der Waals surface area contributed by atoms with E-state index < -0.39 is 17.6 Å². The Balaban J connectivity index is 1.70. The molecule has 1 aliphatic rings. The number of amides is 2. The second kappa shape index (κ2) is 13.1. The molecular weight excluding hydrogens is 515 g/mol. The molecule has 0 radical (unpaired) electrons. The molecule has 3 aromatic rings. The lowest BCUT2D eigenvalue weighted by Gasteiger charge is -2.28. The van der Waals surface area contributed by atoms with Crippen LogP contribution in [0, 0.1) is 5.92 Å². The van der Waals surface area contributed by atoms with Gasteiger partial charge in [-0.2, -0.15) is 13.2 Å². The van der Waals surface area contributed by atoms with Gasteiger partial charge in [0.2, 0.25) is 5.91 Å². The molecule has 0 saturated heterocycles. The van der Waals surface area contributed by atoms with E-state index in [0.717, 1.165) is 35.4 Å². The first kappa shape index (κ1) is 29.3. The summed E-state index contributed by atoms with van der Waals surface area (Å²) in [6.07, 6.45) is -3.41. The maximum Gasteiger partial charge on any atom is 0.416 e. The lowest BCUT2D eigenvalue weighted by Crippen LogP contribution is -2.38. The number of carbonyl (C=O) groups is 2. The highest BCUT2D eigenvalue weighted by Crippen LogP contribution is 2.30. The number of rotatable bonds is 5. The van der Waals surface area contributed by atoms with Crippen molar-refractivity contribution in [3.05, 3.63) is 101 Å². The Hall–Kier alpha value is -3.65. The van der Waals surface area contributed by atoms with Gasteiger partial charge < -0.3 is 9.80 Å². The smallest absolute Gasteiger partial charge is 0.333 e. The number of fused-ring (bicyclic) bond motifs is 1. The highest BCUT2D eigenvalue weighted by molar-refractivity contribution is 5.96. The van der Waals surface area contributed by atoms with Gasteiger partial charge in [-0.05, 0) is 47.7 Å². The molecule has 4 rings (SSSR count). The van der Waals surface area contributed by atoms with E-state index in [4.69, 9.17) is 0 Å². The molecule has 0 atom stereocenters. The molecule has 0 unspecified atom stereocenters. The van der Waals surface area contributed by atoms with Gasteiger partial charge in [-0.3, -0.25) is 14.5 Å². The van der Waals surface area contributed by atoms with E-state index >= 15 is 0 Å². The molecule has 40 heavy (non-hydrogen) atoms. The van der Waals surface area contributed by atoms with Gasteiger partial charge in [0.05, 0.1) is 5.56 Å². The Morgan fingerprint density at radius 3 is 2.30 bits per heavy atom. The van der Waals surface area contributed by atoms with Crippen LogP contribution in [0.5, 0.6) is 0 Å². The predicted molar refractivity (Wildman–Crippen MR) is 151 cm³/mol. The van der Waals surface area contributed by atoms with Crippen molar-refractivity contribution in [2.45, 2.75) is 46.0 Å². The maximum absolute atomic E-state index is 13.7. The zero-order chi connectivity index (χ0) is 28.7. The van der Waals surface area contributed by atoms with Crippen molar-refractivity contribution in [2.24, 2.45) is 5.92 Å². The van der Waals surface area contributed by atoms with Gasteiger partial charge in [-0.25, -0.2) is 0 Å². The number of halogens is 3. The summed E-state index contributed by atoms with van der Waals surface area (Å²) >= 11 is 0. The quantitative estimate of drug-likeness (QED) is 0.357. The molecule has 1 aliphatic heterocycles. The van der Waals surface area contributed by atoms with Crippen LogP contribution in [0.15, 0.2) is 78.9 Å². The standard InChI is InChI=1S/C32H36F3N3O2/c1-24(2)20-30(39)38-17-9-16-36(22-25-10-4-3-5-11-25)18-19-37(23-27-12-6-7-15-29(27)38)31(40)26-13-8-14-28(21-26)32(33,34)35/h3-8,10-15,21,24H,9,16-20,22-23H2,1-2H3. The highest BCUT2D eigenvalue weighted by Gasteiger charge is 2.32.